The Kier molecular flexibility index (Phi) is 6.29. The van der Waals surface area contributed by atoms with Crippen molar-refractivity contribution in [2.24, 2.45) is 0 Å². The largest absolute Gasteiger partial charge is 0.313 e. The number of sulfonamides is 1. The van der Waals surface area contributed by atoms with E-state index in [1.165, 1.54) is 11.3 Å². The van der Waals surface area contributed by atoms with Gasteiger partial charge in [-0.15, -0.1) is 23.7 Å². The minimum absolute atomic E-state index is 0. The molecule has 0 bridgehead atoms. The fraction of sp³-hybridized carbons (Fsp3) is 0.400. The van der Waals surface area contributed by atoms with E-state index in [9.17, 15) is 8.42 Å². The zero-order valence-electron chi connectivity index (χ0n) is 9.48. The van der Waals surface area contributed by atoms with Crippen LogP contribution in [0.1, 0.15) is 6.42 Å². The third kappa shape index (κ3) is 4.04. The molecule has 0 aromatic carbocycles. The van der Waals surface area contributed by atoms with Crippen molar-refractivity contribution in [3.63, 3.8) is 0 Å². The lowest BCUT2D eigenvalue weighted by molar-refractivity contribution is 0.584. The average molecular weight is 374 g/mol. The first-order valence-electron chi connectivity index (χ1n) is 5.21. The number of thiophene rings is 1. The molecule has 0 aliphatic carbocycles. The van der Waals surface area contributed by atoms with E-state index in [1.54, 1.807) is 11.4 Å². The Morgan fingerprint density at radius 1 is 1.50 bits per heavy atom. The summed E-state index contributed by atoms with van der Waals surface area (Å²) >= 11 is 4.45. The predicted octanol–water partition coefficient (Wildman–Crippen LogP) is 2.13. The van der Waals surface area contributed by atoms with Gasteiger partial charge in [0, 0.05) is 17.6 Å². The third-order valence-electron chi connectivity index (χ3n) is 2.48. The minimum Gasteiger partial charge on any atom is -0.313 e. The normalized spacial score (nSPS) is 15.9. The quantitative estimate of drug-likeness (QED) is 0.795. The second-order valence-corrected chi connectivity index (χ2v) is 7.43. The van der Waals surface area contributed by atoms with Crippen LogP contribution in [0.15, 0.2) is 31.8 Å². The Balaban J connectivity index is 0.00000162. The Morgan fingerprint density at radius 2 is 2.28 bits per heavy atom. The Hall–Kier alpha value is 0.0800. The summed E-state index contributed by atoms with van der Waals surface area (Å²) in [6, 6.07) is 1.74. The summed E-state index contributed by atoms with van der Waals surface area (Å²) in [4.78, 5) is 0. The molecule has 102 valence electrons. The van der Waals surface area contributed by atoms with Gasteiger partial charge < -0.3 is 5.32 Å². The van der Waals surface area contributed by atoms with Gasteiger partial charge >= 0.3 is 0 Å². The summed E-state index contributed by atoms with van der Waals surface area (Å²) in [5, 5.41) is 4.94. The van der Waals surface area contributed by atoms with Crippen LogP contribution in [0.2, 0.25) is 0 Å². The number of hydrogen-bond donors (Lipinski definition) is 2. The van der Waals surface area contributed by atoms with Gasteiger partial charge in [-0.1, -0.05) is 11.6 Å². The summed E-state index contributed by atoms with van der Waals surface area (Å²) in [7, 11) is -3.39. The van der Waals surface area contributed by atoms with Gasteiger partial charge in [0.25, 0.3) is 10.0 Å². The van der Waals surface area contributed by atoms with Gasteiger partial charge in [0.2, 0.25) is 0 Å². The number of rotatable bonds is 4. The molecule has 18 heavy (non-hydrogen) atoms. The van der Waals surface area contributed by atoms with Gasteiger partial charge in [-0.05, 0) is 40.3 Å². The van der Waals surface area contributed by atoms with E-state index in [4.69, 9.17) is 0 Å². The summed E-state index contributed by atoms with van der Waals surface area (Å²) in [5.41, 5.74) is 1.14. The Labute approximate surface area is 125 Å². The average Bonchev–Trinajstić information content (AvgIpc) is 2.75. The van der Waals surface area contributed by atoms with Crippen LogP contribution in [0.25, 0.3) is 0 Å². The molecule has 2 N–H and O–H groups in total. The molecule has 2 rings (SSSR count). The molecule has 4 nitrogen and oxygen atoms in total. The maximum atomic E-state index is 12.0. The van der Waals surface area contributed by atoms with E-state index in [1.807, 2.05) is 6.08 Å². The van der Waals surface area contributed by atoms with Crippen LogP contribution in [-0.2, 0) is 10.0 Å². The maximum Gasteiger partial charge on any atom is 0.251 e. The number of hydrogen-bond acceptors (Lipinski definition) is 4. The lowest BCUT2D eigenvalue weighted by atomic mass is 10.1. The van der Waals surface area contributed by atoms with Gasteiger partial charge in [0.1, 0.15) is 4.21 Å². The molecule has 1 aliphatic heterocycles. The van der Waals surface area contributed by atoms with E-state index < -0.39 is 10.0 Å². The standard InChI is InChI=1S/C10H13BrN2O2S2.ClH/c11-9-3-6-16-10(9)17(14,15)13-7-8-1-4-12-5-2-8;/h1,3,6,12-13H,2,4-5,7H2;1H. The van der Waals surface area contributed by atoms with Crippen molar-refractivity contribution in [3.8, 4) is 0 Å². The SMILES string of the molecule is Cl.O=S(=O)(NCC1=CCNCC1)c1sccc1Br. The van der Waals surface area contributed by atoms with Crippen molar-refractivity contribution in [2.75, 3.05) is 19.6 Å². The van der Waals surface area contributed by atoms with Crippen LogP contribution in [0.3, 0.4) is 0 Å². The molecule has 0 spiro atoms. The van der Waals surface area contributed by atoms with Crippen molar-refractivity contribution in [2.45, 2.75) is 10.6 Å². The van der Waals surface area contributed by atoms with E-state index >= 15 is 0 Å². The van der Waals surface area contributed by atoms with Crippen LogP contribution in [0.5, 0.6) is 0 Å². The third-order valence-corrected chi connectivity index (χ3v) is 6.55. The van der Waals surface area contributed by atoms with Gasteiger partial charge in [-0.2, -0.15) is 0 Å². The first kappa shape index (κ1) is 16.1. The van der Waals surface area contributed by atoms with Crippen LogP contribution >= 0.6 is 39.7 Å². The van der Waals surface area contributed by atoms with E-state index in [2.05, 4.69) is 26.0 Å². The van der Waals surface area contributed by atoms with Crippen molar-refractivity contribution in [1.29, 1.82) is 0 Å². The lowest BCUT2D eigenvalue weighted by Crippen LogP contribution is -2.29. The molecule has 1 aliphatic rings. The van der Waals surface area contributed by atoms with Crippen LogP contribution in [-0.4, -0.2) is 28.1 Å². The monoisotopic (exact) mass is 372 g/mol. The number of halogens is 2. The Bertz CT molecular complexity index is 528. The lowest BCUT2D eigenvalue weighted by Gasteiger charge is -2.14. The van der Waals surface area contributed by atoms with Crippen molar-refractivity contribution >= 4 is 49.7 Å². The number of nitrogens with one attached hydrogen (secondary N) is 2. The van der Waals surface area contributed by atoms with Crippen molar-refractivity contribution in [3.05, 3.63) is 27.6 Å². The van der Waals surface area contributed by atoms with Gasteiger partial charge in [0.15, 0.2) is 0 Å². The van der Waals surface area contributed by atoms with Crippen molar-refractivity contribution < 1.29 is 8.42 Å². The maximum absolute atomic E-state index is 12.0. The highest BCUT2D eigenvalue weighted by Gasteiger charge is 2.19. The van der Waals surface area contributed by atoms with Gasteiger partial charge in [-0.25, -0.2) is 13.1 Å². The molecule has 0 fully saturated rings. The molecule has 0 amide bonds. The molecule has 0 radical (unpaired) electrons. The van der Waals surface area contributed by atoms with Crippen LogP contribution < -0.4 is 10.0 Å². The van der Waals surface area contributed by atoms with E-state index in [-0.39, 0.29) is 12.4 Å². The molecule has 0 atom stereocenters. The molecule has 2 heterocycles. The predicted molar refractivity (Wildman–Crippen MR) is 80.0 cm³/mol. The highest BCUT2D eigenvalue weighted by molar-refractivity contribution is 9.10. The zero-order valence-corrected chi connectivity index (χ0v) is 13.5. The molecular weight excluding hydrogens is 360 g/mol. The highest BCUT2D eigenvalue weighted by Crippen LogP contribution is 2.27. The van der Waals surface area contributed by atoms with Crippen LogP contribution in [0.4, 0.5) is 0 Å². The molecule has 0 saturated heterocycles. The first-order valence-corrected chi connectivity index (χ1v) is 8.36. The molecular formula is C10H14BrClN2O2S2. The molecule has 1 aromatic heterocycles. The summed E-state index contributed by atoms with van der Waals surface area (Å²) in [5.74, 6) is 0. The van der Waals surface area contributed by atoms with Gasteiger partial charge in [0.05, 0.1) is 0 Å². The highest BCUT2D eigenvalue weighted by atomic mass is 79.9. The zero-order chi connectivity index (χ0) is 12.3. The van der Waals surface area contributed by atoms with E-state index in [0.717, 1.165) is 25.1 Å². The minimum atomic E-state index is -3.39. The van der Waals surface area contributed by atoms with Crippen molar-refractivity contribution in [1.82, 2.24) is 10.0 Å². The van der Waals surface area contributed by atoms with Crippen LogP contribution in [0, 0.1) is 0 Å². The molecule has 0 saturated carbocycles. The first-order chi connectivity index (χ1) is 8.09. The fourth-order valence-corrected chi connectivity index (χ4v) is 4.97. The van der Waals surface area contributed by atoms with Gasteiger partial charge in [-0.3, -0.25) is 0 Å². The fourth-order valence-electron chi connectivity index (χ4n) is 1.55. The summed E-state index contributed by atoms with van der Waals surface area (Å²) in [6.07, 6.45) is 2.93. The molecule has 8 heteroatoms. The topological polar surface area (TPSA) is 58.2 Å². The second-order valence-electron chi connectivity index (χ2n) is 3.70. The Morgan fingerprint density at radius 3 is 2.83 bits per heavy atom. The summed E-state index contributed by atoms with van der Waals surface area (Å²) < 4.78 is 27.6. The smallest absolute Gasteiger partial charge is 0.251 e. The molecule has 1 aromatic rings. The van der Waals surface area contributed by atoms with E-state index in [0.29, 0.717) is 15.2 Å². The second kappa shape index (κ2) is 7.02. The summed E-state index contributed by atoms with van der Waals surface area (Å²) in [6.45, 7) is 2.13. The molecule has 0 unspecified atom stereocenters.